The van der Waals surface area contributed by atoms with E-state index in [1.165, 1.54) is 128 Å². The molecule has 0 aromatic rings. The first kappa shape index (κ1) is 45.9. The Labute approximate surface area is 285 Å². The van der Waals surface area contributed by atoms with Gasteiger partial charge in [0.2, 0.25) is 5.60 Å². The summed E-state index contributed by atoms with van der Waals surface area (Å²) in [5.41, 5.74) is -2.19. The topological polar surface area (TPSA) is 91.7 Å². The number of carbonyl (C=O) groups excluding carboxylic acids is 2. The molecule has 0 rings (SSSR count). The van der Waals surface area contributed by atoms with Gasteiger partial charge in [-0.15, -0.1) is 0 Å². The fourth-order valence-corrected chi connectivity index (χ4v) is 5.96. The fraction of sp³-hybridized carbons (Fsp3) is 0.947. The molecule has 2 N–H and O–H groups in total. The van der Waals surface area contributed by atoms with Crippen molar-refractivity contribution in [1.29, 1.82) is 0 Å². The molecule has 6 heteroatoms. The standard InChI is InChI=1S/C38H74O4.O.Ti/c1-34(2)29-25-21-17-13-9-5-7-11-15-19-23-27-31-36(40)38(42,33-39)37(41)32-28-24-20-16-12-8-6-10-14-18-22-26-30-35(3)4;;/h34-35,39,42H,5-33H2,1-4H3;;. The van der Waals surface area contributed by atoms with Crippen LogP contribution in [0.5, 0.6) is 0 Å². The van der Waals surface area contributed by atoms with Gasteiger partial charge >= 0.3 is 23.7 Å². The summed E-state index contributed by atoms with van der Waals surface area (Å²) in [6, 6.07) is 0. The molecule has 0 radical (unpaired) electrons. The van der Waals surface area contributed by atoms with Crippen molar-refractivity contribution in [2.75, 3.05) is 6.61 Å². The second-order valence-corrected chi connectivity index (χ2v) is 14.2. The molecule has 0 heterocycles. The van der Waals surface area contributed by atoms with Crippen LogP contribution < -0.4 is 0 Å². The summed E-state index contributed by atoms with van der Waals surface area (Å²) in [5.74, 6) is 0.672. The van der Waals surface area contributed by atoms with Crippen molar-refractivity contribution in [1.82, 2.24) is 0 Å². The van der Waals surface area contributed by atoms with E-state index in [9.17, 15) is 19.8 Å². The molecule has 0 aromatic carbocycles. The molecule has 0 aliphatic heterocycles. The third-order valence-corrected chi connectivity index (χ3v) is 9.02. The number of aliphatic hydroxyl groups excluding tert-OH is 1. The summed E-state index contributed by atoms with van der Waals surface area (Å²) >= 11 is 0.750. The van der Waals surface area contributed by atoms with Crippen molar-refractivity contribution in [3.8, 4) is 0 Å². The molecule has 44 heavy (non-hydrogen) atoms. The summed E-state index contributed by atoms with van der Waals surface area (Å²) in [6.45, 7) is 8.42. The number of aliphatic hydroxyl groups is 2. The van der Waals surface area contributed by atoms with Gasteiger partial charge in [-0.2, -0.15) is 0 Å². The van der Waals surface area contributed by atoms with Gasteiger partial charge in [-0.25, -0.2) is 0 Å². The zero-order valence-corrected chi connectivity index (χ0v) is 31.3. The molecule has 0 saturated heterocycles. The van der Waals surface area contributed by atoms with Crippen LogP contribution in [0.1, 0.15) is 207 Å². The molecule has 0 amide bonds. The quantitative estimate of drug-likeness (QED) is 0.0416. The summed E-state index contributed by atoms with van der Waals surface area (Å²) in [6.07, 6.45) is 32.3. The third kappa shape index (κ3) is 29.2. The minimum absolute atomic E-state index is 0.178. The van der Waals surface area contributed by atoms with Crippen molar-refractivity contribution < 1.29 is 43.5 Å². The van der Waals surface area contributed by atoms with Crippen LogP contribution in [0.25, 0.3) is 0 Å². The summed E-state index contributed by atoms with van der Waals surface area (Å²) in [7, 11) is 0. The van der Waals surface area contributed by atoms with E-state index in [0.29, 0.717) is 12.8 Å². The number of ketones is 2. The van der Waals surface area contributed by atoms with Gasteiger partial charge in [-0.3, -0.25) is 9.59 Å². The third-order valence-electron chi connectivity index (χ3n) is 9.02. The van der Waals surface area contributed by atoms with Gasteiger partial charge in [0.05, 0.1) is 6.61 Å². The van der Waals surface area contributed by atoms with Gasteiger partial charge < -0.3 is 10.2 Å². The van der Waals surface area contributed by atoms with E-state index in [0.717, 1.165) is 57.9 Å². The van der Waals surface area contributed by atoms with Crippen molar-refractivity contribution in [3.05, 3.63) is 0 Å². The molecular weight excluding hydrogens is 584 g/mol. The van der Waals surface area contributed by atoms with Crippen LogP contribution in [0.2, 0.25) is 0 Å². The molecule has 5 nitrogen and oxygen atoms in total. The SMILES string of the molecule is CC(C)CCCCCCCCCCCCCCC(=O)C(O)(CO)C(=O)CCCCCCCCCCCCCCC(C)C.[O]=[Ti]. The van der Waals surface area contributed by atoms with Crippen LogP contribution in [-0.4, -0.2) is 34.0 Å². The molecule has 0 atom stereocenters. The number of Topliss-reactive ketones (excluding diaryl/α,β-unsaturated/α-hetero) is 2. The van der Waals surface area contributed by atoms with Crippen LogP contribution in [0.4, 0.5) is 0 Å². The van der Waals surface area contributed by atoms with E-state index >= 15 is 0 Å². The van der Waals surface area contributed by atoms with Crippen molar-refractivity contribution in [2.45, 2.75) is 213 Å². The maximum atomic E-state index is 12.6. The van der Waals surface area contributed by atoms with Crippen molar-refractivity contribution in [3.63, 3.8) is 0 Å². The van der Waals surface area contributed by atoms with Crippen molar-refractivity contribution >= 4 is 11.6 Å². The van der Waals surface area contributed by atoms with Gasteiger partial charge in [-0.1, -0.05) is 182 Å². The van der Waals surface area contributed by atoms with Crippen LogP contribution in [0.15, 0.2) is 0 Å². The monoisotopic (exact) mass is 659 g/mol. The van der Waals surface area contributed by atoms with Gasteiger partial charge in [0.15, 0.2) is 11.6 Å². The van der Waals surface area contributed by atoms with Gasteiger partial charge in [0.25, 0.3) is 0 Å². The van der Waals surface area contributed by atoms with E-state index < -0.39 is 23.8 Å². The Morgan fingerprint density at radius 1 is 0.455 bits per heavy atom. The van der Waals surface area contributed by atoms with Gasteiger partial charge in [0.1, 0.15) is 0 Å². The van der Waals surface area contributed by atoms with Crippen molar-refractivity contribution in [2.24, 2.45) is 11.8 Å². The molecular formula is C38H74O5Ti. The van der Waals surface area contributed by atoms with E-state index in [1.807, 2.05) is 0 Å². The Morgan fingerprint density at radius 2 is 0.659 bits per heavy atom. The number of carbonyl (C=O) groups is 2. The summed E-state index contributed by atoms with van der Waals surface area (Å²) in [5, 5.41) is 20.3. The Hall–Kier alpha value is -0.226. The Bertz CT molecular complexity index is 589. The Morgan fingerprint density at radius 3 is 0.864 bits per heavy atom. The molecule has 260 valence electrons. The van der Waals surface area contributed by atoms with Crippen LogP contribution in [0.3, 0.4) is 0 Å². The Balaban J connectivity index is 0. The van der Waals surface area contributed by atoms with E-state index in [2.05, 4.69) is 27.7 Å². The zero-order valence-electron chi connectivity index (χ0n) is 29.8. The first-order chi connectivity index (χ1) is 21.2. The average Bonchev–Trinajstić information content (AvgIpc) is 3.01. The Kier molecular flexibility index (Phi) is 35.6. The summed E-state index contributed by atoms with van der Waals surface area (Å²) in [4.78, 5) is 25.2. The van der Waals surface area contributed by atoms with Crippen LogP contribution >= 0.6 is 0 Å². The molecule has 0 bridgehead atoms. The molecule has 0 aliphatic carbocycles. The van der Waals surface area contributed by atoms with E-state index in [4.69, 9.17) is 3.32 Å². The molecule has 0 fully saturated rings. The number of hydrogen-bond donors (Lipinski definition) is 2. The zero-order chi connectivity index (χ0) is 33.3. The first-order valence-electron chi connectivity index (χ1n) is 18.8. The number of unbranched alkanes of at least 4 members (excludes halogenated alkanes) is 22. The number of hydrogen-bond acceptors (Lipinski definition) is 5. The van der Waals surface area contributed by atoms with E-state index in [1.54, 1.807) is 0 Å². The predicted octanol–water partition coefficient (Wildman–Crippen LogP) is 11.0. The first-order valence-corrected chi connectivity index (χ1v) is 19.5. The average molecular weight is 659 g/mol. The normalized spacial score (nSPS) is 11.6. The second kappa shape index (κ2) is 34.1. The molecule has 0 aliphatic rings. The molecule has 0 aromatic heterocycles. The predicted molar refractivity (Wildman–Crippen MR) is 182 cm³/mol. The van der Waals surface area contributed by atoms with E-state index in [-0.39, 0.29) is 12.8 Å². The van der Waals surface area contributed by atoms with Gasteiger partial charge in [0, 0.05) is 12.8 Å². The number of rotatable bonds is 33. The second-order valence-electron chi connectivity index (χ2n) is 14.2. The van der Waals surface area contributed by atoms with Crippen LogP contribution in [-0.2, 0) is 33.3 Å². The van der Waals surface area contributed by atoms with Gasteiger partial charge in [-0.05, 0) is 24.7 Å². The molecule has 0 unspecified atom stereocenters. The minimum atomic E-state index is -2.19. The fourth-order valence-electron chi connectivity index (χ4n) is 5.96. The summed E-state index contributed by atoms with van der Waals surface area (Å²) < 4.78 is 8.25. The molecule has 0 spiro atoms. The molecule has 0 saturated carbocycles. The van der Waals surface area contributed by atoms with Crippen LogP contribution in [0, 0.1) is 11.8 Å². The maximum absolute atomic E-state index is 12.6.